The number of pyridine rings is 1. The van der Waals surface area contributed by atoms with Crippen LogP contribution >= 0.6 is 0 Å². The second-order valence-corrected chi connectivity index (χ2v) is 9.55. The van der Waals surface area contributed by atoms with Crippen LogP contribution in [0, 0.1) is 17.3 Å². The number of nitrogens with zero attached hydrogens (tertiary/aromatic N) is 3. The van der Waals surface area contributed by atoms with E-state index in [9.17, 15) is 31.1 Å². The first-order valence-electron chi connectivity index (χ1n) is 12.3. The van der Waals surface area contributed by atoms with Gasteiger partial charge in [-0.3, -0.25) is 4.79 Å². The number of hydrogen-bond donors (Lipinski definition) is 2. The molecule has 4 rings (SSSR count). The predicted octanol–water partition coefficient (Wildman–Crippen LogP) is 3.84. The summed E-state index contributed by atoms with van der Waals surface area (Å²) in [6, 6.07) is 6.01. The van der Waals surface area contributed by atoms with Crippen LogP contribution in [0.15, 0.2) is 24.4 Å². The normalized spacial score (nSPS) is 23.3. The smallest absolute Gasteiger partial charge is 0.475 e. The summed E-state index contributed by atoms with van der Waals surface area (Å²) in [6.45, 7) is 7.35. The van der Waals surface area contributed by atoms with Crippen molar-refractivity contribution in [2.45, 2.75) is 45.0 Å². The Morgan fingerprint density at radius 3 is 2.10 bits per heavy atom. The monoisotopic (exact) mass is 571 g/mol. The molecule has 3 fully saturated rings. The second kappa shape index (κ2) is 13.3. The fraction of sp³-hybridized carbons (Fsp3) is 0.667. The zero-order valence-corrected chi connectivity index (χ0v) is 21.2. The van der Waals surface area contributed by atoms with E-state index in [4.69, 9.17) is 24.5 Å². The Bertz CT molecular complexity index is 949. The van der Waals surface area contributed by atoms with E-state index in [1.807, 2.05) is 31.3 Å². The van der Waals surface area contributed by atoms with Crippen molar-refractivity contribution in [2.75, 3.05) is 44.2 Å². The third-order valence-corrected chi connectivity index (χ3v) is 6.62. The summed E-state index contributed by atoms with van der Waals surface area (Å²) >= 11 is 0. The van der Waals surface area contributed by atoms with Crippen LogP contribution in [0.5, 0.6) is 0 Å². The SMILES string of the molecule is CCOC(=O)[C@]12CCCN(CC3CC3)C[C@H]1CN(c1ccccn1)C2.O=C(O)C(F)(F)F.O=C(O)C(F)(F)F. The number of ether oxygens (including phenoxy) is 1. The molecule has 1 aliphatic carbocycles. The van der Waals surface area contributed by atoms with Crippen LogP contribution in [-0.4, -0.2) is 89.7 Å². The molecule has 2 atom stereocenters. The van der Waals surface area contributed by atoms with Gasteiger partial charge in [-0.25, -0.2) is 14.6 Å². The highest BCUT2D eigenvalue weighted by atomic mass is 19.4. The van der Waals surface area contributed by atoms with Crippen LogP contribution in [-0.2, 0) is 19.1 Å². The van der Waals surface area contributed by atoms with Gasteiger partial charge in [-0.05, 0) is 57.2 Å². The molecule has 0 bridgehead atoms. The average molecular weight is 572 g/mol. The molecule has 1 aromatic heterocycles. The first-order chi connectivity index (χ1) is 18.1. The molecule has 220 valence electrons. The molecule has 2 N–H and O–H groups in total. The molecule has 1 saturated carbocycles. The number of carboxylic acid groups (broad SMARTS) is 2. The summed E-state index contributed by atoms with van der Waals surface area (Å²) < 4.78 is 69.0. The number of fused-ring (bicyclic) bond motifs is 1. The predicted molar refractivity (Wildman–Crippen MR) is 125 cm³/mol. The number of carbonyl (C=O) groups excluding carboxylic acids is 1. The topological polar surface area (TPSA) is 120 Å². The van der Waals surface area contributed by atoms with Crippen molar-refractivity contribution >= 4 is 23.7 Å². The van der Waals surface area contributed by atoms with Crippen molar-refractivity contribution in [3.63, 3.8) is 0 Å². The van der Waals surface area contributed by atoms with E-state index in [2.05, 4.69) is 14.8 Å². The second-order valence-electron chi connectivity index (χ2n) is 9.55. The van der Waals surface area contributed by atoms with Gasteiger partial charge in [-0.1, -0.05) is 6.07 Å². The number of rotatable bonds is 5. The Morgan fingerprint density at radius 1 is 1.05 bits per heavy atom. The lowest BCUT2D eigenvalue weighted by atomic mass is 9.75. The molecule has 0 aromatic carbocycles. The number of alkyl halides is 6. The highest BCUT2D eigenvalue weighted by Crippen LogP contribution is 2.45. The Labute approximate surface area is 220 Å². The van der Waals surface area contributed by atoms with E-state index in [1.165, 1.54) is 19.4 Å². The minimum Gasteiger partial charge on any atom is -0.475 e. The van der Waals surface area contributed by atoms with Crippen molar-refractivity contribution in [3.8, 4) is 0 Å². The third-order valence-electron chi connectivity index (χ3n) is 6.62. The first-order valence-corrected chi connectivity index (χ1v) is 12.3. The van der Waals surface area contributed by atoms with E-state index in [1.54, 1.807) is 0 Å². The molecule has 3 heterocycles. The first kappa shape index (κ1) is 32.1. The lowest BCUT2D eigenvalue weighted by Gasteiger charge is -2.31. The summed E-state index contributed by atoms with van der Waals surface area (Å²) in [5, 5.41) is 14.2. The Morgan fingerprint density at radius 2 is 1.64 bits per heavy atom. The fourth-order valence-electron chi connectivity index (χ4n) is 4.67. The largest absolute Gasteiger partial charge is 0.490 e. The maximum Gasteiger partial charge on any atom is 0.490 e. The number of carbonyl (C=O) groups is 3. The lowest BCUT2D eigenvalue weighted by Crippen LogP contribution is -2.43. The molecular weight excluding hydrogens is 540 g/mol. The summed E-state index contributed by atoms with van der Waals surface area (Å²) in [6.07, 6.45) is -3.56. The molecule has 2 saturated heterocycles. The maximum atomic E-state index is 13.0. The summed E-state index contributed by atoms with van der Waals surface area (Å²) in [5.74, 6) is -3.31. The zero-order chi connectivity index (χ0) is 29.4. The summed E-state index contributed by atoms with van der Waals surface area (Å²) in [4.78, 5) is 40.2. The molecule has 9 nitrogen and oxygen atoms in total. The van der Waals surface area contributed by atoms with Gasteiger partial charge < -0.3 is 24.7 Å². The standard InChI is InChI=1S/C20H29N3O2.2C2HF3O2/c1-2-25-19(24)20-9-5-11-22(12-16-7-8-16)13-17(20)14-23(15-20)18-6-3-4-10-21-18;2*3-2(4,5)1(6)7/h3-4,6,10,16-17H,2,5,7-9,11-15H2,1H3;2*(H,6,7)/t17-,20-;;/m0../s1. The van der Waals surface area contributed by atoms with Crippen molar-refractivity contribution < 1.29 is 55.7 Å². The Kier molecular flexibility index (Phi) is 11.0. The van der Waals surface area contributed by atoms with E-state index in [0.29, 0.717) is 12.5 Å². The van der Waals surface area contributed by atoms with Crippen molar-refractivity contribution in [1.29, 1.82) is 0 Å². The number of aliphatic carboxylic acids is 2. The molecular formula is C24H31F6N3O6. The molecule has 39 heavy (non-hydrogen) atoms. The molecule has 15 heteroatoms. The molecule has 1 aromatic rings. The third kappa shape index (κ3) is 9.55. The van der Waals surface area contributed by atoms with Gasteiger partial charge in [0.25, 0.3) is 0 Å². The minimum absolute atomic E-state index is 0.00621. The lowest BCUT2D eigenvalue weighted by molar-refractivity contribution is -0.193. The maximum absolute atomic E-state index is 13.0. The van der Waals surface area contributed by atoms with Crippen molar-refractivity contribution in [1.82, 2.24) is 9.88 Å². The van der Waals surface area contributed by atoms with Gasteiger partial charge in [0.2, 0.25) is 0 Å². The number of anilines is 1. The highest BCUT2D eigenvalue weighted by molar-refractivity contribution is 5.79. The van der Waals surface area contributed by atoms with Crippen molar-refractivity contribution in [3.05, 3.63) is 24.4 Å². The van der Waals surface area contributed by atoms with E-state index >= 15 is 0 Å². The highest BCUT2D eigenvalue weighted by Gasteiger charge is 2.54. The Balaban J connectivity index is 0.000000317. The minimum atomic E-state index is -5.08. The van der Waals surface area contributed by atoms with Crippen LogP contribution < -0.4 is 4.90 Å². The summed E-state index contributed by atoms with van der Waals surface area (Å²) in [5.41, 5.74) is -0.369. The van der Waals surface area contributed by atoms with E-state index < -0.39 is 24.3 Å². The number of halogens is 6. The van der Waals surface area contributed by atoms with Crippen LogP contribution in [0.1, 0.15) is 32.6 Å². The average Bonchev–Trinajstić information content (AvgIpc) is 3.61. The zero-order valence-electron chi connectivity index (χ0n) is 21.2. The molecule has 0 amide bonds. The van der Waals surface area contributed by atoms with Gasteiger partial charge in [0.1, 0.15) is 5.82 Å². The van der Waals surface area contributed by atoms with Gasteiger partial charge in [0.05, 0.1) is 12.0 Å². The number of likely N-dealkylation sites (tertiary alicyclic amines) is 1. The summed E-state index contributed by atoms with van der Waals surface area (Å²) in [7, 11) is 0. The van der Waals surface area contributed by atoms with E-state index in [0.717, 1.165) is 50.8 Å². The number of hydrogen-bond acceptors (Lipinski definition) is 7. The molecule has 3 aliphatic rings. The molecule has 0 unspecified atom stereocenters. The van der Waals surface area contributed by atoms with Gasteiger partial charge in [-0.15, -0.1) is 0 Å². The fourth-order valence-corrected chi connectivity index (χ4v) is 4.67. The van der Waals surface area contributed by atoms with Crippen LogP contribution in [0.25, 0.3) is 0 Å². The number of carboxylic acids is 2. The Hall–Kier alpha value is -3.10. The van der Waals surface area contributed by atoms with Crippen LogP contribution in [0.3, 0.4) is 0 Å². The quantitative estimate of drug-likeness (QED) is 0.401. The van der Waals surface area contributed by atoms with Crippen LogP contribution in [0.4, 0.5) is 32.2 Å². The molecule has 2 aliphatic heterocycles. The molecule has 0 spiro atoms. The molecule has 0 radical (unpaired) electrons. The number of esters is 1. The van der Waals surface area contributed by atoms with Gasteiger partial charge >= 0.3 is 30.3 Å². The van der Waals surface area contributed by atoms with Crippen LogP contribution in [0.2, 0.25) is 0 Å². The van der Waals surface area contributed by atoms with Gasteiger partial charge in [0, 0.05) is 38.3 Å². The number of aromatic nitrogens is 1. The van der Waals surface area contributed by atoms with Crippen molar-refractivity contribution in [2.24, 2.45) is 17.3 Å². The van der Waals surface area contributed by atoms with Gasteiger partial charge in [-0.2, -0.15) is 26.3 Å². The van der Waals surface area contributed by atoms with E-state index in [-0.39, 0.29) is 11.4 Å². The van der Waals surface area contributed by atoms with Gasteiger partial charge in [0.15, 0.2) is 0 Å².